The van der Waals surface area contributed by atoms with Crippen LogP contribution in [0.2, 0.25) is 0 Å². The molecule has 0 bridgehead atoms. The van der Waals surface area contributed by atoms with Crippen LogP contribution >= 0.6 is 0 Å². The Labute approximate surface area is 139 Å². The van der Waals surface area contributed by atoms with Gasteiger partial charge in [-0.2, -0.15) is 0 Å². The van der Waals surface area contributed by atoms with Gasteiger partial charge in [0.25, 0.3) is 5.56 Å². The molecule has 1 aromatic heterocycles. The number of hydrogen-bond acceptors (Lipinski definition) is 3. The lowest BCUT2D eigenvalue weighted by atomic mass is 9.98. The summed E-state index contributed by atoms with van der Waals surface area (Å²) in [6.45, 7) is 2.83. The van der Waals surface area contributed by atoms with Crippen LogP contribution in [0.1, 0.15) is 16.7 Å². The van der Waals surface area contributed by atoms with Gasteiger partial charge in [-0.1, -0.05) is 36.4 Å². The largest absolute Gasteiger partial charge is 0.490 e. The van der Waals surface area contributed by atoms with Crippen molar-refractivity contribution in [2.24, 2.45) is 0 Å². The van der Waals surface area contributed by atoms with Gasteiger partial charge in [0.15, 0.2) is 0 Å². The average molecular weight is 321 g/mol. The predicted molar refractivity (Wildman–Crippen MR) is 93.7 cm³/mol. The van der Waals surface area contributed by atoms with E-state index in [-0.39, 0.29) is 5.56 Å². The zero-order valence-corrected chi connectivity index (χ0v) is 13.5. The van der Waals surface area contributed by atoms with Gasteiger partial charge in [0, 0.05) is 17.9 Å². The van der Waals surface area contributed by atoms with Crippen molar-refractivity contribution < 1.29 is 9.84 Å². The first kappa shape index (κ1) is 15.0. The zero-order chi connectivity index (χ0) is 16.7. The first-order valence-corrected chi connectivity index (χ1v) is 8.14. The second kappa shape index (κ2) is 5.80. The summed E-state index contributed by atoms with van der Waals surface area (Å²) < 4.78 is 7.58. The van der Waals surface area contributed by atoms with E-state index in [2.05, 4.69) is 0 Å². The van der Waals surface area contributed by atoms with Crippen LogP contribution in [0.3, 0.4) is 0 Å². The Morgan fingerprint density at radius 1 is 1.21 bits per heavy atom. The normalized spacial score (nSPS) is 16.7. The molecule has 0 spiro atoms. The number of ether oxygens (including phenoxy) is 1. The standard InChI is InChI=1S/C20H19NO3/c1-13-9-15-10-16(22)12-24-20(15)17-7-8-18(23)21(19(13)17)11-14-5-3-2-4-6-14/h2-9,16,22H,10-12H2,1H3. The van der Waals surface area contributed by atoms with Crippen LogP contribution in [0.15, 0.2) is 53.3 Å². The molecular weight excluding hydrogens is 302 g/mol. The molecule has 122 valence electrons. The van der Waals surface area contributed by atoms with Crippen molar-refractivity contribution in [2.45, 2.75) is 26.0 Å². The molecule has 1 aliphatic heterocycles. The maximum absolute atomic E-state index is 12.5. The van der Waals surface area contributed by atoms with Gasteiger partial charge in [-0.3, -0.25) is 4.79 Å². The summed E-state index contributed by atoms with van der Waals surface area (Å²) in [5.41, 5.74) is 3.99. The maximum atomic E-state index is 12.5. The van der Waals surface area contributed by atoms with Crippen molar-refractivity contribution in [3.63, 3.8) is 0 Å². The molecule has 1 aliphatic rings. The van der Waals surface area contributed by atoms with E-state index in [0.717, 1.165) is 33.3 Å². The minimum atomic E-state index is -0.468. The van der Waals surface area contributed by atoms with Crippen molar-refractivity contribution >= 4 is 10.9 Å². The van der Waals surface area contributed by atoms with Gasteiger partial charge >= 0.3 is 0 Å². The Bertz CT molecular complexity index is 960. The highest BCUT2D eigenvalue weighted by molar-refractivity contribution is 5.90. The number of aliphatic hydroxyl groups is 1. The predicted octanol–water partition coefficient (Wildman–Crippen LogP) is 2.65. The highest BCUT2D eigenvalue weighted by Gasteiger charge is 2.22. The van der Waals surface area contributed by atoms with E-state index in [9.17, 15) is 9.90 Å². The summed E-state index contributed by atoms with van der Waals surface area (Å²) in [6.07, 6.45) is 0.119. The SMILES string of the molecule is Cc1cc2c(c3ccc(=O)n(Cc4ccccc4)c13)OCC(O)C2. The monoisotopic (exact) mass is 321 g/mol. The summed E-state index contributed by atoms with van der Waals surface area (Å²) in [5, 5.41) is 10.8. The first-order chi connectivity index (χ1) is 11.6. The van der Waals surface area contributed by atoms with Crippen LogP contribution in [-0.2, 0) is 13.0 Å². The fourth-order valence-corrected chi connectivity index (χ4v) is 3.49. The molecule has 0 amide bonds. The number of aromatic nitrogens is 1. The molecule has 1 unspecified atom stereocenters. The Balaban J connectivity index is 1.94. The molecule has 4 heteroatoms. The molecule has 2 heterocycles. The van der Waals surface area contributed by atoms with E-state index in [1.165, 1.54) is 0 Å². The lowest BCUT2D eigenvalue weighted by Gasteiger charge is -2.25. The second-order valence-electron chi connectivity index (χ2n) is 6.36. The van der Waals surface area contributed by atoms with Gasteiger partial charge in [0.1, 0.15) is 12.4 Å². The van der Waals surface area contributed by atoms with Gasteiger partial charge in [-0.15, -0.1) is 0 Å². The van der Waals surface area contributed by atoms with Crippen LogP contribution in [0.25, 0.3) is 10.9 Å². The van der Waals surface area contributed by atoms with Crippen molar-refractivity contribution in [1.29, 1.82) is 0 Å². The molecule has 1 N–H and O–H groups in total. The number of nitrogens with zero attached hydrogens (tertiary/aromatic N) is 1. The minimum absolute atomic E-state index is 0.0229. The molecule has 0 aliphatic carbocycles. The smallest absolute Gasteiger partial charge is 0.251 e. The van der Waals surface area contributed by atoms with E-state index in [0.29, 0.717) is 19.6 Å². The molecule has 1 atom stereocenters. The number of fused-ring (bicyclic) bond motifs is 3. The van der Waals surface area contributed by atoms with Crippen LogP contribution in [0, 0.1) is 6.92 Å². The quantitative estimate of drug-likeness (QED) is 0.789. The van der Waals surface area contributed by atoms with Crippen LogP contribution in [0.4, 0.5) is 0 Å². The summed E-state index contributed by atoms with van der Waals surface area (Å²) in [4.78, 5) is 12.5. The summed E-state index contributed by atoms with van der Waals surface area (Å²) in [6, 6.07) is 15.4. The summed E-state index contributed by atoms with van der Waals surface area (Å²) in [7, 11) is 0. The van der Waals surface area contributed by atoms with E-state index < -0.39 is 6.10 Å². The Morgan fingerprint density at radius 3 is 2.79 bits per heavy atom. The Hall–Kier alpha value is -2.59. The molecule has 0 radical (unpaired) electrons. The Kier molecular flexibility index (Phi) is 3.62. The molecule has 24 heavy (non-hydrogen) atoms. The number of aliphatic hydroxyl groups excluding tert-OH is 1. The van der Waals surface area contributed by atoms with Crippen LogP contribution < -0.4 is 10.3 Å². The lowest BCUT2D eigenvalue weighted by molar-refractivity contribution is 0.0932. The van der Waals surface area contributed by atoms with Crippen molar-refractivity contribution in [3.05, 3.63) is 75.6 Å². The van der Waals surface area contributed by atoms with Crippen molar-refractivity contribution in [2.75, 3.05) is 6.61 Å². The molecular formula is C20H19NO3. The topological polar surface area (TPSA) is 51.5 Å². The Morgan fingerprint density at radius 2 is 2.00 bits per heavy atom. The highest BCUT2D eigenvalue weighted by Crippen LogP contribution is 2.35. The first-order valence-electron chi connectivity index (χ1n) is 8.14. The van der Waals surface area contributed by atoms with Crippen molar-refractivity contribution in [3.8, 4) is 5.75 Å². The summed E-state index contributed by atoms with van der Waals surface area (Å²) in [5.74, 6) is 0.794. The number of hydrogen-bond donors (Lipinski definition) is 1. The number of rotatable bonds is 2. The average Bonchev–Trinajstić information content (AvgIpc) is 2.57. The van der Waals surface area contributed by atoms with Gasteiger partial charge in [-0.05, 0) is 29.7 Å². The van der Waals surface area contributed by atoms with E-state index in [1.54, 1.807) is 10.6 Å². The van der Waals surface area contributed by atoms with Gasteiger partial charge in [-0.25, -0.2) is 0 Å². The maximum Gasteiger partial charge on any atom is 0.251 e. The third kappa shape index (κ3) is 2.49. The third-order valence-corrected chi connectivity index (χ3v) is 4.54. The van der Waals surface area contributed by atoms with Crippen molar-refractivity contribution in [1.82, 2.24) is 4.57 Å². The minimum Gasteiger partial charge on any atom is -0.490 e. The number of aryl methyl sites for hydroxylation is 1. The fourth-order valence-electron chi connectivity index (χ4n) is 3.49. The molecule has 0 saturated carbocycles. The van der Waals surface area contributed by atoms with E-state index in [4.69, 9.17) is 4.74 Å². The lowest BCUT2D eigenvalue weighted by Crippen LogP contribution is -2.27. The van der Waals surface area contributed by atoms with Gasteiger partial charge in [0.2, 0.25) is 0 Å². The number of pyridine rings is 1. The molecule has 0 saturated heterocycles. The zero-order valence-electron chi connectivity index (χ0n) is 13.5. The third-order valence-electron chi connectivity index (χ3n) is 4.54. The fraction of sp³-hybridized carbons (Fsp3) is 0.250. The van der Waals surface area contributed by atoms with Crippen LogP contribution in [-0.4, -0.2) is 22.4 Å². The van der Waals surface area contributed by atoms with E-state index >= 15 is 0 Å². The van der Waals surface area contributed by atoms with Gasteiger partial charge < -0.3 is 14.4 Å². The molecule has 3 aromatic rings. The van der Waals surface area contributed by atoms with Crippen LogP contribution in [0.5, 0.6) is 5.75 Å². The van der Waals surface area contributed by atoms with Gasteiger partial charge in [0.05, 0.1) is 18.2 Å². The molecule has 2 aromatic carbocycles. The van der Waals surface area contributed by atoms with E-state index in [1.807, 2.05) is 49.4 Å². The highest BCUT2D eigenvalue weighted by atomic mass is 16.5. The molecule has 4 rings (SSSR count). The number of benzene rings is 2. The second-order valence-corrected chi connectivity index (χ2v) is 6.36. The molecule has 4 nitrogen and oxygen atoms in total. The molecule has 0 fully saturated rings. The summed E-state index contributed by atoms with van der Waals surface area (Å²) >= 11 is 0.